The fourth-order valence-electron chi connectivity index (χ4n) is 4.52. The van der Waals surface area contributed by atoms with Crippen LogP contribution in [0.3, 0.4) is 0 Å². The van der Waals surface area contributed by atoms with Gasteiger partial charge in [-0.25, -0.2) is 8.42 Å². The van der Waals surface area contributed by atoms with Crippen LogP contribution < -0.4 is 14.4 Å². The fraction of sp³-hybridized carbons (Fsp3) is 0.375. The number of anilines is 1. The van der Waals surface area contributed by atoms with E-state index in [4.69, 9.17) is 4.74 Å². The largest absolute Gasteiger partial charge is 0.494 e. The van der Waals surface area contributed by atoms with Gasteiger partial charge in [0, 0.05) is 12.6 Å². The highest BCUT2D eigenvalue weighted by molar-refractivity contribution is 7.92. The lowest BCUT2D eigenvalue weighted by atomic mass is 10.1. The van der Waals surface area contributed by atoms with Crippen molar-refractivity contribution < 1.29 is 22.7 Å². The van der Waals surface area contributed by atoms with E-state index in [1.807, 2.05) is 65.0 Å². The average molecular weight is 580 g/mol. The molecular formula is C32H41N3O5S. The maximum Gasteiger partial charge on any atom is 0.264 e. The van der Waals surface area contributed by atoms with Crippen molar-refractivity contribution in [3.63, 3.8) is 0 Å². The van der Waals surface area contributed by atoms with Gasteiger partial charge in [0.1, 0.15) is 18.3 Å². The Morgan fingerprint density at radius 1 is 0.902 bits per heavy atom. The second kappa shape index (κ2) is 14.7. The Morgan fingerprint density at radius 3 is 2.10 bits per heavy atom. The standard InChI is InChI=1S/C32H41N3O5S/c1-6-30(32(37)33-24(3)4)34(22-21-26-11-9-8-10-12-26)31(36)23-35(27-15-13-25(5)14-16-27)41(38,39)29-19-17-28(18-20-29)40-7-2/h8-20,24,30H,6-7,21-23H2,1-5H3,(H,33,37). The number of carbonyl (C=O) groups excluding carboxylic acids is 2. The summed E-state index contributed by atoms with van der Waals surface area (Å²) in [7, 11) is -4.14. The van der Waals surface area contributed by atoms with Crippen LogP contribution in [0, 0.1) is 6.92 Å². The van der Waals surface area contributed by atoms with Crippen LogP contribution in [0.5, 0.6) is 5.75 Å². The summed E-state index contributed by atoms with van der Waals surface area (Å²) < 4.78 is 34.5. The topological polar surface area (TPSA) is 96.0 Å². The average Bonchev–Trinajstić information content (AvgIpc) is 2.95. The number of rotatable bonds is 14. The summed E-state index contributed by atoms with van der Waals surface area (Å²) in [6.07, 6.45) is 0.906. The van der Waals surface area contributed by atoms with Gasteiger partial charge in [-0.2, -0.15) is 0 Å². The number of aryl methyl sites for hydroxylation is 1. The quantitative estimate of drug-likeness (QED) is 0.291. The third-order valence-corrected chi connectivity index (χ3v) is 8.41. The van der Waals surface area contributed by atoms with E-state index in [9.17, 15) is 18.0 Å². The van der Waals surface area contributed by atoms with Crippen LogP contribution in [0.25, 0.3) is 0 Å². The summed E-state index contributed by atoms with van der Waals surface area (Å²) in [6.45, 7) is 9.59. The molecule has 220 valence electrons. The van der Waals surface area contributed by atoms with Gasteiger partial charge in [0.25, 0.3) is 10.0 Å². The zero-order chi connectivity index (χ0) is 30.0. The Balaban J connectivity index is 2.00. The third kappa shape index (κ3) is 8.57. The maximum atomic E-state index is 14.0. The molecule has 1 N–H and O–H groups in total. The number of ether oxygens (including phenoxy) is 1. The summed E-state index contributed by atoms with van der Waals surface area (Å²) >= 11 is 0. The Hall–Kier alpha value is -3.85. The minimum atomic E-state index is -4.14. The number of nitrogens with zero attached hydrogens (tertiary/aromatic N) is 2. The van der Waals surface area contributed by atoms with Gasteiger partial charge in [-0.15, -0.1) is 0 Å². The highest BCUT2D eigenvalue weighted by Gasteiger charge is 2.33. The first-order chi connectivity index (χ1) is 19.6. The number of amides is 2. The van der Waals surface area contributed by atoms with Crippen LogP contribution in [0.1, 0.15) is 45.2 Å². The van der Waals surface area contributed by atoms with Gasteiger partial charge in [-0.1, -0.05) is 55.0 Å². The van der Waals surface area contributed by atoms with Gasteiger partial charge in [0.15, 0.2) is 0 Å². The van der Waals surface area contributed by atoms with Crippen molar-refractivity contribution in [1.29, 1.82) is 0 Å². The first-order valence-corrected chi connectivity index (χ1v) is 15.5. The van der Waals surface area contributed by atoms with Gasteiger partial charge < -0.3 is 15.0 Å². The Labute approximate surface area is 244 Å². The number of benzene rings is 3. The van der Waals surface area contributed by atoms with E-state index < -0.39 is 28.5 Å². The SMILES string of the molecule is CCOc1ccc(S(=O)(=O)N(CC(=O)N(CCc2ccccc2)C(CC)C(=O)NC(C)C)c2ccc(C)cc2)cc1. The molecule has 0 aliphatic heterocycles. The van der Waals surface area contributed by atoms with Crippen LogP contribution in [0.2, 0.25) is 0 Å². The van der Waals surface area contributed by atoms with Crippen molar-refractivity contribution in [3.05, 3.63) is 90.0 Å². The van der Waals surface area contributed by atoms with Crippen LogP contribution >= 0.6 is 0 Å². The molecule has 0 saturated heterocycles. The van der Waals surface area contributed by atoms with Gasteiger partial charge >= 0.3 is 0 Å². The number of hydrogen-bond donors (Lipinski definition) is 1. The van der Waals surface area contributed by atoms with Gasteiger partial charge in [-0.05, 0) is 82.5 Å². The lowest BCUT2D eigenvalue weighted by Crippen LogP contribution is -2.54. The molecule has 0 aromatic heterocycles. The van der Waals surface area contributed by atoms with Crippen molar-refractivity contribution in [1.82, 2.24) is 10.2 Å². The summed E-state index contributed by atoms with van der Waals surface area (Å²) in [5.74, 6) is -0.166. The van der Waals surface area contributed by atoms with Crippen molar-refractivity contribution in [2.24, 2.45) is 0 Å². The molecule has 0 saturated carbocycles. The van der Waals surface area contributed by atoms with Crippen molar-refractivity contribution in [3.8, 4) is 5.75 Å². The van der Waals surface area contributed by atoms with Crippen molar-refractivity contribution in [2.75, 3.05) is 24.0 Å². The Kier molecular flexibility index (Phi) is 11.3. The van der Waals surface area contributed by atoms with Crippen molar-refractivity contribution in [2.45, 2.75) is 64.4 Å². The predicted molar refractivity (Wildman–Crippen MR) is 163 cm³/mol. The first-order valence-electron chi connectivity index (χ1n) is 14.0. The minimum Gasteiger partial charge on any atom is -0.494 e. The summed E-state index contributed by atoms with van der Waals surface area (Å²) in [6, 6.07) is 22.0. The lowest BCUT2D eigenvalue weighted by molar-refractivity contribution is -0.139. The molecule has 0 bridgehead atoms. The molecule has 8 nitrogen and oxygen atoms in total. The first kappa shape index (κ1) is 31.7. The molecule has 3 aromatic carbocycles. The molecule has 41 heavy (non-hydrogen) atoms. The van der Waals surface area contributed by atoms with Crippen LogP contribution in [0.4, 0.5) is 5.69 Å². The molecule has 0 fully saturated rings. The van der Waals surface area contributed by atoms with Crippen LogP contribution in [-0.4, -0.2) is 56.9 Å². The van der Waals surface area contributed by atoms with Crippen LogP contribution in [-0.2, 0) is 26.0 Å². The molecular weight excluding hydrogens is 538 g/mol. The van der Waals surface area contributed by atoms with Gasteiger partial charge in [-0.3, -0.25) is 13.9 Å². The summed E-state index contributed by atoms with van der Waals surface area (Å²) in [5.41, 5.74) is 2.33. The minimum absolute atomic E-state index is 0.0368. The van der Waals surface area contributed by atoms with E-state index in [2.05, 4.69) is 5.32 Å². The summed E-state index contributed by atoms with van der Waals surface area (Å²) in [4.78, 5) is 28.8. The van der Waals surface area contributed by atoms with E-state index in [0.29, 0.717) is 30.9 Å². The molecule has 9 heteroatoms. The third-order valence-electron chi connectivity index (χ3n) is 6.62. The fourth-order valence-corrected chi connectivity index (χ4v) is 5.93. The van der Waals surface area contributed by atoms with Gasteiger partial charge in [0.05, 0.1) is 17.2 Å². The van der Waals surface area contributed by atoms with E-state index in [1.165, 1.54) is 17.0 Å². The second-order valence-corrected chi connectivity index (χ2v) is 12.0. The zero-order valence-corrected chi connectivity index (χ0v) is 25.4. The molecule has 0 heterocycles. The molecule has 0 aliphatic rings. The number of sulfonamides is 1. The highest BCUT2D eigenvalue weighted by atomic mass is 32.2. The molecule has 0 aliphatic carbocycles. The second-order valence-electron chi connectivity index (χ2n) is 10.2. The summed E-state index contributed by atoms with van der Waals surface area (Å²) in [5, 5.41) is 2.91. The number of hydrogen-bond acceptors (Lipinski definition) is 5. The highest BCUT2D eigenvalue weighted by Crippen LogP contribution is 2.26. The number of nitrogens with one attached hydrogen (secondary N) is 1. The van der Waals surface area contributed by atoms with E-state index in [-0.39, 0.29) is 23.4 Å². The van der Waals surface area contributed by atoms with Crippen molar-refractivity contribution >= 4 is 27.5 Å². The molecule has 3 aromatic rings. The van der Waals surface area contributed by atoms with Crippen LogP contribution in [0.15, 0.2) is 83.8 Å². The lowest BCUT2D eigenvalue weighted by Gasteiger charge is -2.33. The van der Waals surface area contributed by atoms with E-state index >= 15 is 0 Å². The zero-order valence-electron chi connectivity index (χ0n) is 24.5. The molecule has 0 radical (unpaired) electrons. The predicted octanol–water partition coefficient (Wildman–Crippen LogP) is 4.96. The molecule has 1 unspecified atom stereocenters. The molecule has 1 atom stereocenters. The molecule has 3 rings (SSSR count). The Bertz CT molecular complexity index is 1380. The molecule has 0 spiro atoms. The monoisotopic (exact) mass is 579 g/mol. The molecule has 2 amide bonds. The smallest absolute Gasteiger partial charge is 0.264 e. The van der Waals surface area contributed by atoms with Gasteiger partial charge in [0.2, 0.25) is 11.8 Å². The Morgan fingerprint density at radius 2 is 1.54 bits per heavy atom. The maximum absolute atomic E-state index is 14.0. The van der Waals surface area contributed by atoms with E-state index in [1.54, 1.807) is 36.4 Å². The van der Waals surface area contributed by atoms with E-state index in [0.717, 1.165) is 15.4 Å². The normalized spacial score (nSPS) is 12.0. The number of carbonyl (C=O) groups is 2.